The van der Waals surface area contributed by atoms with Crippen molar-refractivity contribution in [1.82, 2.24) is 4.98 Å². The van der Waals surface area contributed by atoms with Crippen LogP contribution in [-0.4, -0.2) is 45.0 Å². The summed E-state index contributed by atoms with van der Waals surface area (Å²) in [6.45, 7) is -0.430. The standard InChI is InChI=1S/C17H16F5NO4S/c1-3-28(24,25)15-7-5-11(26-2)8-13(15)14-6-4-12(9-23-14)27-10-16(18,19)17(20,21)22/h4-9H,3,10H2,1-2H3. The van der Waals surface area contributed by atoms with Crippen LogP contribution in [-0.2, 0) is 9.84 Å². The molecule has 0 amide bonds. The second-order valence-electron chi connectivity index (χ2n) is 5.64. The largest absolute Gasteiger partial charge is 0.497 e. The molecule has 0 unspecified atom stereocenters. The molecule has 0 bridgehead atoms. The van der Waals surface area contributed by atoms with Crippen LogP contribution in [0, 0.1) is 0 Å². The van der Waals surface area contributed by atoms with Crippen molar-refractivity contribution < 1.29 is 39.8 Å². The SMILES string of the molecule is CCS(=O)(=O)c1ccc(OC)cc1-c1ccc(OCC(F)(F)C(F)(F)F)cn1. The lowest BCUT2D eigenvalue weighted by Crippen LogP contribution is -2.41. The van der Waals surface area contributed by atoms with Crippen molar-refractivity contribution in [2.45, 2.75) is 23.9 Å². The second kappa shape index (κ2) is 7.90. The van der Waals surface area contributed by atoms with Gasteiger partial charge < -0.3 is 9.47 Å². The molecule has 0 aliphatic rings. The minimum absolute atomic E-state index is 0.0134. The molecule has 2 rings (SSSR count). The van der Waals surface area contributed by atoms with Gasteiger partial charge in [0.2, 0.25) is 0 Å². The molecule has 0 fully saturated rings. The highest BCUT2D eigenvalue weighted by atomic mass is 32.2. The van der Waals surface area contributed by atoms with Crippen molar-refractivity contribution in [3.63, 3.8) is 0 Å². The number of benzene rings is 1. The molecule has 1 aromatic heterocycles. The van der Waals surface area contributed by atoms with Crippen LogP contribution < -0.4 is 9.47 Å². The molecule has 2 aromatic rings. The van der Waals surface area contributed by atoms with E-state index < -0.39 is 28.5 Å². The summed E-state index contributed by atoms with van der Waals surface area (Å²) >= 11 is 0. The van der Waals surface area contributed by atoms with E-state index in [9.17, 15) is 30.4 Å². The Morgan fingerprint density at radius 3 is 2.18 bits per heavy atom. The summed E-state index contributed by atoms with van der Waals surface area (Å²) in [6, 6.07) is 6.62. The number of sulfone groups is 1. The molecule has 5 nitrogen and oxygen atoms in total. The monoisotopic (exact) mass is 425 g/mol. The summed E-state index contributed by atoms with van der Waals surface area (Å²) in [7, 11) is -2.22. The molecular formula is C17H16F5NO4S. The van der Waals surface area contributed by atoms with Gasteiger partial charge in [-0.3, -0.25) is 4.98 Å². The Hall–Kier alpha value is -2.43. The molecule has 0 N–H and O–H groups in total. The molecule has 0 saturated carbocycles. The number of alkyl halides is 5. The Morgan fingerprint density at radius 1 is 1.04 bits per heavy atom. The summed E-state index contributed by atoms with van der Waals surface area (Å²) in [5, 5.41) is 0. The fourth-order valence-corrected chi connectivity index (χ4v) is 3.23. The Labute approximate surface area is 158 Å². The third-order valence-electron chi connectivity index (χ3n) is 3.75. The first kappa shape index (κ1) is 21.9. The number of methoxy groups -OCH3 is 1. The summed E-state index contributed by atoms with van der Waals surface area (Å²) in [6.07, 6.45) is -4.80. The van der Waals surface area contributed by atoms with Gasteiger partial charge in [0.25, 0.3) is 0 Å². The van der Waals surface area contributed by atoms with Gasteiger partial charge in [0.15, 0.2) is 16.4 Å². The van der Waals surface area contributed by atoms with Gasteiger partial charge >= 0.3 is 12.1 Å². The molecule has 0 aliphatic heterocycles. The lowest BCUT2D eigenvalue weighted by molar-refractivity contribution is -0.290. The van der Waals surface area contributed by atoms with E-state index in [1.165, 1.54) is 38.3 Å². The molecule has 0 atom stereocenters. The van der Waals surface area contributed by atoms with E-state index in [1.54, 1.807) is 0 Å². The number of aromatic nitrogens is 1. The van der Waals surface area contributed by atoms with E-state index in [4.69, 9.17) is 4.74 Å². The zero-order valence-electron chi connectivity index (χ0n) is 14.8. The van der Waals surface area contributed by atoms with Crippen molar-refractivity contribution >= 4 is 9.84 Å². The van der Waals surface area contributed by atoms with Crippen LogP contribution >= 0.6 is 0 Å². The fraction of sp³-hybridized carbons (Fsp3) is 0.353. The number of hydrogen-bond acceptors (Lipinski definition) is 5. The maximum absolute atomic E-state index is 12.9. The van der Waals surface area contributed by atoms with Crippen molar-refractivity contribution in [2.24, 2.45) is 0 Å². The topological polar surface area (TPSA) is 65.5 Å². The Balaban J connectivity index is 2.33. The Morgan fingerprint density at radius 2 is 1.68 bits per heavy atom. The number of hydrogen-bond donors (Lipinski definition) is 0. The van der Waals surface area contributed by atoms with Crippen LogP contribution in [0.5, 0.6) is 11.5 Å². The van der Waals surface area contributed by atoms with Gasteiger partial charge in [-0.1, -0.05) is 6.92 Å². The van der Waals surface area contributed by atoms with Crippen LogP contribution in [0.4, 0.5) is 22.0 Å². The molecule has 28 heavy (non-hydrogen) atoms. The van der Waals surface area contributed by atoms with Crippen molar-refractivity contribution in [3.05, 3.63) is 36.5 Å². The van der Waals surface area contributed by atoms with Crippen LogP contribution in [0.3, 0.4) is 0 Å². The van der Waals surface area contributed by atoms with E-state index in [0.717, 1.165) is 12.3 Å². The zero-order valence-corrected chi connectivity index (χ0v) is 15.6. The fourth-order valence-electron chi connectivity index (χ4n) is 2.14. The third-order valence-corrected chi connectivity index (χ3v) is 5.54. The molecule has 0 saturated heterocycles. The van der Waals surface area contributed by atoms with E-state index in [-0.39, 0.29) is 27.7 Å². The van der Waals surface area contributed by atoms with Crippen LogP contribution in [0.1, 0.15) is 6.92 Å². The van der Waals surface area contributed by atoms with Gasteiger partial charge in [0, 0.05) is 5.56 Å². The maximum Gasteiger partial charge on any atom is 0.456 e. The number of ether oxygens (including phenoxy) is 2. The Kier molecular flexibility index (Phi) is 6.17. The predicted octanol–water partition coefficient (Wildman–Crippen LogP) is 4.13. The molecule has 11 heteroatoms. The van der Waals surface area contributed by atoms with Gasteiger partial charge in [-0.05, 0) is 30.3 Å². The van der Waals surface area contributed by atoms with Gasteiger partial charge in [-0.25, -0.2) is 8.42 Å². The average molecular weight is 425 g/mol. The highest BCUT2D eigenvalue weighted by Gasteiger charge is 2.58. The van der Waals surface area contributed by atoms with Crippen molar-refractivity contribution in [3.8, 4) is 22.8 Å². The molecule has 0 spiro atoms. The molecule has 0 radical (unpaired) electrons. The first-order valence-electron chi connectivity index (χ1n) is 7.86. The first-order valence-corrected chi connectivity index (χ1v) is 9.51. The summed E-state index contributed by atoms with van der Waals surface area (Å²) in [4.78, 5) is 3.91. The number of halogens is 5. The zero-order chi connectivity index (χ0) is 21.2. The van der Waals surface area contributed by atoms with Gasteiger partial charge in [-0.15, -0.1) is 0 Å². The van der Waals surface area contributed by atoms with E-state index in [2.05, 4.69) is 9.72 Å². The summed E-state index contributed by atoms with van der Waals surface area (Å²) < 4.78 is 96.5. The summed E-state index contributed by atoms with van der Waals surface area (Å²) in [5.41, 5.74) is 0.356. The lowest BCUT2D eigenvalue weighted by Gasteiger charge is -2.19. The molecule has 1 heterocycles. The minimum Gasteiger partial charge on any atom is -0.497 e. The third kappa shape index (κ3) is 4.70. The van der Waals surface area contributed by atoms with E-state index >= 15 is 0 Å². The smallest absolute Gasteiger partial charge is 0.456 e. The second-order valence-corrected chi connectivity index (χ2v) is 7.88. The highest BCUT2D eigenvalue weighted by molar-refractivity contribution is 7.91. The number of pyridine rings is 1. The van der Waals surface area contributed by atoms with Gasteiger partial charge in [-0.2, -0.15) is 22.0 Å². The van der Waals surface area contributed by atoms with E-state index in [1.807, 2.05) is 0 Å². The molecule has 0 aliphatic carbocycles. The quantitative estimate of drug-likeness (QED) is 0.625. The molecule has 154 valence electrons. The van der Waals surface area contributed by atoms with Crippen molar-refractivity contribution in [2.75, 3.05) is 19.5 Å². The van der Waals surface area contributed by atoms with Gasteiger partial charge in [0.1, 0.15) is 11.5 Å². The number of rotatable bonds is 7. The van der Waals surface area contributed by atoms with Crippen LogP contribution in [0.25, 0.3) is 11.3 Å². The van der Waals surface area contributed by atoms with Gasteiger partial charge in [0.05, 0.1) is 29.6 Å². The highest BCUT2D eigenvalue weighted by Crippen LogP contribution is 2.36. The predicted molar refractivity (Wildman–Crippen MR) is 90.4 cm³/mol. The first-order chi connectivity index (χ1) is 12.9. The van der Waals surface area contributed by atoms with Crippen LogP contribution in [0.15, 0.2) is 41.4 Å². The van der Waals surface area contributed by atoms with E-state index in [0.29, 0.717) is 5.75 Å². The Bertz CT molecular complexity index is 928. The van der Waals surface area contributed by atoms with Crippen LogP contribution in [0.2, 0.25) is 0 Å². The normalized spacial score (nSPS) is 12.7. The van der Waals surface area contributed by atoms with Crippen molar-refractivity contribution in [1.29, 1.82) is 0 Å². The average Bonchev–Trinajstić information content (AvgIpc) is 2.65. The molecular weight excluding hydrogens is 409 g/mol. The summed E-state index contributed by atoms with van der Waals surface area (Å²) in [5.74, 6) is -5.14. The molecule has 1 aromatic carbocycles. The number of nitrogens with zero attached hydrogens (tertiary/aromatic N) is 1. The maximum atomic E-state index is 12.9. The minimum atomic E-state index is -5.73. The lowest BCUT2D eigenvalue weighted by atomic mass is 10.1.